The molecule has 2 N–H and O–H groups in total. The largest absolute Gasteiger partial charge is 0.396 e. The van der Waals surface area contributed by atoms with Crippen LogP contribution in [0.1, 0.15) is 45.4 Å². The lowest BCUT2D eigenvalue weighted by atomic mass is 9.93. The van der Waals surface area contributed by atoms with Crippen molar-refractivity contribution in [2.45, 2.75) is 57.6 Å². The van der Waals surface area contributed by atoms with Crippen LogP contribution in [0.5, 0.6) is 0 Å². The summed E-state index contributed by atoms with van der Waals surface area (Å²) in [7, 11) is 1.81. The van der Waals surface area contributed by atoms with Gasteiger partial charge in [0.2, 0.25) is 0 Å². The molecule has 3 heteroatoms. The molecule has 0 amide bonds. The topological polar surface area (TPSA) is 41.5 Å². The van der Waals surface area contributed by atoms with E-state index < -0.39 is 0 Å². The molecule has 0 aliphatic heterocycles. The second-order valence-electron chi connectivity index (χ2n) is 5.09. The van der Waals surface area contributed by atoms with E-state index in [9.17, 15) is 0 Å². The van der Waals surface area contributed by atoms with Crippen LogP contribution in [-0.4, -0.2) is 37.5 Å². The van der Waals surface area contributed by atoms with Crippen molar-refractivity contribution in [1.29, 1.82) is 0 Å². The lowest BCUT2D eigenvalue weighted by Crippen LogP contribution is -2.35. The van der Waals surface area contributed by atoms with Gasteiger partial charge in [0.05, 0.1) is 6.10 Å². The van der Waals surface area contributed by atoms with E-state index in [1.165, 1.54) is 32.1 Å². The minimum atomic E-state index is 0.318. The molecule has 96 valence electrons. The highest BCUT2D eigenvalue weighted by molar-refractivity contribution is 4.77. The molecule has 0 radical (unpaired) electrons. The Kier molecular flexibility index (Phi) is 7.01. The molecule has 1 unspecified atom stereocenters. The molecule has 0 bridgehead atoms. The molecular formula is C13H27NO2. The Balaban J connectivity index is 1.98. The average molecular weight is 229 g/mol. The number of rotatable bonds is 7. The zero-order chi connectivity index (χ0) is 11.8. The van der Waals surface area contributed by atoms with Crippen molar-refractivity contribution in [3.05, 3.63) is 0 Å². The standard InChI is InChI=1S/C13H27NO2/c1-11(10-15)4-3-9-14-12-5-7-13(16-2)8-6-12/h11-15H,3-10H2,1-2H3. The van der Waals surface area contributed by atoms with Gasteiger partial charge < -0.3 is 15.2 Å². The molecule has 0 saturated heterocycles. The smallest absolute Gasteiger partial charge is 0.0572 e. The molecule has 1 rings (SSSR count). The number of nitrogens with one attached hydrogen (secondary N) is 1. The summed E-state index contributed by atoms with van der Waals surface area (Å²) in [5.41, 5.74) is 0. The van der Waals surface area contributed by atoms with Crippen LogP contribution in [-0.2, 0) is 4.74 Å². The zero-order valence-corrected chi connectivity index (χ0v) is 10.7. The van der Waals surface area contributed by atoms with E-state index in [2.05, 4.69) is 12.2 Å². The van der Waals surface area contributed by atoms with E-state index in [-0.39, 0.29) is 0 Å². The fourth-order valence-electron chi connectivity index (χ4n) is 2.35. The van der Waals surface area contributed by atoms with Crippen LogP contribution in [0.15, 0.2) is 0 Å². The average Bonchev–Trinajstić information content (AvgIpc) is 2.35. The Bertz CT molecular complexity index is 167. The highest BCUT2D eigenvalue weighted by Crippen LogP contribution is 2.20. The van der Waals surface area contributed by atoms with Crippen molar-refractivity contribution in [2.24, 2.45) is 5.92 Å². The first-order valence-electron chi connectivity index (χ1n) is 6.63. The number of methoxy groups -OCH3 is 1. The van der Waals surface area contributed by atoms with Crippen LogP contribution < -0.4 is 5.32 Å². The molecule has 16 heavy (non-hydrogen) atoms. The van der Waals surface area contributed by atoms with Gasteiger partial charge >= 0.3 is 0 Å². The first kappa shape index (κ1) is 13.9. The van der Waals surface area contributed by atoms with Crippen molar-refractivity contribution in [2.75, 3.05) is 20.3 Å². The molecule has 1 aliphatic rings. The number of hydrogen-bond acceptors (Lipinski definition) is 3. The molecule has 0 heterocycles. The highest BCUT2D eigenvalue weighted by atomic mass is 16.5. The lowest BCUT2D eigenvalue weighted by molar-refractivity contribution is 0.0625. The second-order valence-corrected chi connectivity index (χ2v) is 5.09. The summed E-state index contributed by atoms with van der Waals surface area (Å²) < 4.78 is 5.36. The first-order chi connectivity index (χ1) is 7.76. The Labute approximate surface area is 99.6 Å². The third kappa shape index (κ3) is 5.28. The van der Waals surface area contributed by atoms with E-state index in [1.807, 2.05) is 7.11 Å². The van der Waals surface area contributed by atoms with E-state index in [1.54, 1.807) is 0 Å². The van der Waals surface area contributed by atoms with Crippen LogP contribution in [0.2, 0.25) is 0 Å². The molecule has 0 aromatic rings. The monoisotopic (exact) mass is 229 g/mol. The van der Waals surface area contributed by atoms with Crippen LogP contribution >= 0.6 is 0 Å². The summed E-state index contributed by atoms with van der Waals surface area (Å²) in [6, 6.07) is 0.691. The summed E-state index contributed by atoms with van der Waals surface area (Å²) in [5.74, 6) is 0.450. The van der Waals surface area contributed by atoms with E-state index in [0.29, 0.717) is 24.7 Å². The number of hydrogen-bond donors (Lipinski definition) is 2. The van der Waals surface area contributed by atoms with Crippen LogP contribution in [0.3, 0.4) is 0 Å². The summed E-state index contributed by atoms with van der Waals surface area (Å²) in [6.07, 6.45) is 7.67. The van der Waals surface area contributed by atoms with Gasteiger partial charge in [-0.25, -0.2) is 0 Å². The Morgan fingerprint density at radius 2 is 2.00 bits per heavy atom. The van der Waals surface area contributed by atoms with Crippen molar-refractivity contribution < 1.29 is 9.84 Å². The normalized spacial score (nSPS) is 27.9. The minimum Gasteiger partial charge on any atom is -0.396 e. The Morgan fingerprint density at radius 3 is 2.56 bits per heavy atom. The number of aliphatic hydroxyl groups is 1. The molecule has 0 spiro atoms. The van der Waals surface area contributed by atoms with Crippen molar-refractivity contribution in [3.8, 4) is 0 Å². The maximum atomic E-state index is 8.90. The fraction of sp³-hybridized carbons (Fsp3) is 1.00. The van der Waals surface area contributed by atoms with Gasteiger partial charge in [0.25, 0.3) is 0 Å². The van der Waals surface area contributed by atoms with Crippen LogP contribution in [0, 0.1) is 5.92 Å². The minimum absolute atomic E-state index is 0.318. The quantitative estimate of drug-likeness (QED) is 0.656. The third-order valence-corrected chi connectivity index (χ3v) is 3.63. The predicted octanol–water partition coefficient (Wildman–Crippen LogP) is 1.94. The molecule has 0 aromatic carbocycles. The number of ether oxygens (including phenoxy) is 1. The molecule has 0 aromatic heterocycles. The molecule has 1 fully saturated rings. The van der Waals surface area contributed by atoms with Crippen LogP contribution in [0.4, 0.5) is 0 Å². The lowest BCUT2D eigenvalue weighted by Gasteiger charge is -2.28. The molecule has 1 atom stereocenters. The predicted molar refractivity (Wildman–Crippen MR) is 66.5 cm³/mol. The Morgan fingerprint density at radius 1 is 1.31 bits per heavy atom. The van der Waals surface area contributed by atoms with Gasteiger partial charge in [0, 0.05) is 19.8 Å². The van der Waals surface area contributed by atoms with E-state index in [0.717, 1.165) is 13.0 Å². The summed E-state index contributed by atoms with van der Waals surface area (Å²) in [6.45, 7) is 3.51. The molecular weight excluding hydrogens is 202 g/mol. The fourth-order valence-corrected chi connectivity index (χ4v) is 2.35. The van der Waals surface area contributed by atoms with Gasteiger partial charge in [-0.05, 0) is 51.0 Å². The zero-order valence-electron chi connectivity index (χ0n) is 10.7. The van der Waals surface area contributed by atoms with E-state index >= 15 is 0 Å². The van der Waals surface area contributed by atoms with Crippen molar-refractivity contribution in [1.82, 2.24) is 5.32 Å². The summed E-state index contributed by atoms with van der Waals surface area (Å²) >= 11 is 0. The first-order valence-corrected chi connectivity index (χ1v) is 6.63. The molecule has 3 nitrogen and oxygen atoms in total. The van der Waals surface area contributed by atoms with Gasteiger partial charge in [-0.1, -0.05) is 6.92 Å². The second kappa shape index (κ2) is 8.04. The Hall–Kier alpha value is -0.120. The van der Waals surface area contributed by atoms with Gasteiger partial charge in [0.1, 0.15) is 0 Å². The third-order valence-electron chi connectivity index (χ3n) is 3.63. The van der Waals surface area contributed by atoms with Gasteiger partial charge in [0.15, 0.2) is 0 Å². The molecule has 1 aliphatic carbocycles. The highest BCUT2D eigenvalue weighted by Gasteiger charge is 2.19. The van der Waals surface area contributed by atoms with Crippen molar-refractivity contribution in [3.63, 3.8) is 0 Å². The number of aliphatic hydroxyl groups excluding tert-OH is 1. The van der Waals surface area contributed by atoms with Crippen LogP contribution in [0.25, 0.3) is 0 Å². The summed E-state index contributed by atoms with van der Waals surface area (Å²) in [4.78, 5) is 0. The maximum Gasteiger partial charge on any atom is 0.0572 e. The van der Waals surface area contributed by atoms with E-state index in [4.69, 9.17) is 9.84 Å². The van der Waals surface area contributed by atoms with Gasteiger partial charge in [-0.2, -0.15) is 0 Å². The molecule has 1 saturated carbocycles. The summed E-state index contributed by atoms with van der Waals surface area (Å²) in [5, 5.41) is 12.5. The maximum absolute atomic E-state index is 8.90. The van der Waals surface area contributed by atoms with Gasteiger partial charge in [-0.3, -0.25) is 0 Å². The van der Waals surface area contributed by atoms with Crippen molar-refractivity contribution >= 4 is 0 Å². The van der Waals surface area contributed by atoms with Gasteiger partial charge in [-0.15, -0.1) is 0 Å². The SMILES string of the molecule is COC1CCC(NCCCC(C)CO)CC1.